The maximum Gasteiger partial charge on any atom is 0.449 e. The molecule has 5 heteroatoms. The minimum absolute atomic E-state index is 0.0320. The smallest absolute Gasteiger partial charge is 0.290 e. The van der Waals surface area contributed by atoms with Crippen LogP contribution >= 0.6 is 0 Å². The van der Waals surface area contributed by atoms with E-state index in [2.05, 4.69) is 11.8 Å². The SMILES string of the molecule is N#CC#Cc1ccc(CCC(=O)C(F)(F)F)cc1. The van der Waals surface area contributed by atoms with E-state index < -0.39 is 18.4 Å². The number of Topliss-reactive ketones (excluding diaryl/α,β-unsaturated/α-hetero) is 1. The van der Waals surface area contributed by atoms with Gasteiger partial charge in [-0.1, -0.05) is 18.1 Å². The van der Waals surface area contributed by atoms with E-state index in [1.807, 2.05) is 0 Å². The Balaban J connectivity index is 2.60. The standard InChI is InChI=1S/C13H8F3NO/c14-13(15,16)12(18)8-7-11-5-3-10(4-6-11)2-1-9-17/h3-6H,7-8H2. The molecule has 0 aromatic heterocycles. The number of aryl methyl sites for hydroxylation is 1. The average molecular weight is 251 g/mol. The molecule has 0 saturated carbocycles. The Bertz CT molecular complexity index is 527. The molecule has 92 valence electrons. The molecule has 0 N–H and O–H groups in total. The molecular formula is C13H8F3NO. The molecule has 0 radical (unpaired) electrons. The van der Waals surface area contributed by atoms with Gasteiger partial charge in [0.05, 0.1) is 0 Å². The monoisotopic (exact) mass is 251 g/mol. The highest BCUT2D eigenvalue weighted by Crippen LogP contribution is 2.19. The van der Waals surface area contributed by atoms with Gasteiger partial charge in [0.2, 0.25) is 5.78 Å². The number of hydrogen-bond donors (Lipinski definition) is 0. The summed E-state index contributed by atoms with van der Waals surface area (Å²) in [6, 6.07) is 8.02. The fraction of sp³-hybridized carbons (Fsp3) is 0.231. The molecule has 1 rings (SSSR count). The number of rotatable bonds is 3. The van der Waals surface area contributed by atoms with E-state index in [1.165, 1.54) is 0 Å². The lowest BCUT2D eigenvalue weighted by atomic mass is 10.1. The third-order valence-electron chi connectivity index (χ3n) is 2.17. The summed E-state index contributed by atoms with van der Waals surface area (Å²) in [6.07, 6.45) is -5.30. The highest BCUT2D eigenvalue weighted by Gasteiger charge is 2.37. The lowest BCUT2D eigenvalue weighted by Gasteiger charge is -2.04. The van der Waals surface area contributed by atoms with Gasteiger partial charge in [0, 0.05) is 17.9 Å². The lowest BCUT2D eigenvalue weighted by Crippen LogP contribution is -2.22. The number of halogens is 3. The van der Waals surface area contributed by atoms with Gasteiger partial charge < -0.3 is 0 Å². The summed E-state index contributed by atoms with van der Waals surface area (Å²) in [5, 5.41) is 8.24. The summed E-state index contributed by atoms with van der Waals surface area (Å²) in [7, 11) is 0. The maximum atomic E-state index is 12.0. The van der Waals surface area contributed by atoms with E-state index in [0.717, 1.165) is 0 Å². The Morgan fingerprint density at radius 2 is 1.83 bits per heavy atom. The number of carbonyl (C=O) groups excluding carboxylic acids is 1. The second-order valence-corrected chi connectivity index (χ2v) is 3.48. The topological polar surface area (TPSA) is 40.9 Å². The summed E-state index contributed by atoms with van der Waals surface area (Å²) in [5.74, 6) is 3.03. The Morgan fingerprint density at radius 3 is 2.33 bits per heavy atom. The van der Waals surface area contributed by atoms with Crippen LogP contribution in [0.25, 0.3) is 0 Å². The van der Waals surface area contributed by atoms with Crippen molar-refractivity contribution in [3.8, 4) is 17.9 Å². The molecule has 0 fully saturated rings. The zero-order chi connectivity index (χ0) is 13.6. The average Bonchev–Trinajstić information content (AvgIpc) is 2.33. The van der Waals surface area contributed by atoms with Crippen molar-refractivity contribution in [3.05, 3.63) is 35.4 Å². The van der Waals surface area contributed by atoms with Gasteiger partial charge >= 0.3 is 6.18 Å². The zero-order valence-electron chi connectivity index (χ0n) is 9.21. The fourth-order valence-corrected chi connectivity index (χ4v) is 1.25. The van der Waals surface area contributed by atoms with Gasteiger partial charge in [0.25, 0.3) is 0 Å². The van der Waals surface area contributed by atoms with E-state index in [9.17, 15) is 18.0 Å². The first-order valence-electron chi connectivity index (χ1n) is 5.02. The number of ketones is 1. The first kappa shape index (κ1) is 13.8. The predicted molar refractivity (Wildman–Crippen MR) is 58.3 cm³/mol. The summed E-state index contributed by atoms with van der Waals surface area (Å²) in [6.45, 7) is 0. The minimum Gasteiger partial charge on any atom is -0.290 e. The van der Waals surface area contributed by atoms with Crippen LogP contribution in [-0.2, 0) is 11.2 Å². The number of benzene rings is 1. The molecular weight excluding hydrogens is 243 g/mol. The lowest BCUT2D eigenvalue weighted by molar-refractivity contribution is -0.171. The summed E-state index contributed by atoms with van der Waals surface area (Å²) >= 11 is 0. The van der Waals surface area contributed by atoms with E-state index in [4.69, 9.17) is 5.26 Å². The quantitative estimate of drug-likeness (QED) is 0.775. The molecule has 0 spiro atoms. The highest BCUT2D eigenvalue weighted by molar-refractivity contribution is 5.84. The molecule has 0 aliphatic carbocycles. The van der Waals surface area contributed by atoms with E-state index in [1.54, 1.807) is 30.3 Å². The Labute approximate surface area is 102 Å². The second-order valence-electron chi connectivity index (χ2n) is 3.48. The molecule has 0 heterocycles. The van der Waals surface area contributed by atoms with Crippen molar-refractivity contribution >= 4 is 5.78 Å². The molecule has 0 unspecified atom stereocenters. The van der Waals surface area contributed by atoms with Crippen molar-refractivity contribution < 1.29 is 18.0 Å². The van der Waals surface area contributed by atoms with Gasteiger partial charge in [-0.05, 0) is 24.1 Å². The zero-order valence-corrected chi connectivity index (χ0v) is 9.21. The highest BCUT2D eigenvalue weighted by atomic mass is 19.4. The van der Waals surface area contributed by atoms with Crippen LogP contribution in [0.1, 0.15) is 17.5 Å². The van der Waals surface area contributed by atoms with Crippen LogP contribution in [0.3, 0.4) is 0 Å². The Morgan fingerprint density at radius 1 is 1.22 bits per heavy atom. The molecule has 0 saturated heterocycles. The first-order valence-corrected chi connectivity index (χ1v) is 5.02. The van der Waals surface area contributed by atoms with Crippen LogP contribution in [0.5, 0.6) is 0 Å². The van der Waals surface area contributed by atoms with Crippen molar-refractivity contribution in [2.24, 2.45) is 0 Å². The number of hydrogen-bond acceptors (Lipinski definition) is 2. The molecule has 0 aliphatic heterocycles. The van der Waals surface area contributed by atoms with Gasteiger partial charge in [-0.3, -0.25) is 4.79 Å². The maximum absolute atomic E-state index is 12.0. The van der Waals surface area contributed by atoms with Gasteiger partial charge in [-0.15, -0.1) is 0 Å². The number of nitriles is 1. The van der Waals surface area contributed by atoms with Crippen molar-refractivity contribution in [2.75, 3.05) is 0 Å². The first-order chi connectivity index (χ1) is 8.43. The molecule has 2 nitrogen and oxygen atoms in total. The van der Waals surface area contributed by atoms with Gasteiger partial charge in [-0.2, -0.15) is 18.4 Å². The van der Waals surface area contributed by atoms with E-state index >= 15 is 0 Å². The second kappa shape index (κ2) is 5.88. The van der Waals surface area contributed by atoms with Crippen LogP contribution in [0.2, 0.25) is 0 Å². The number of carbonyl (C=O) groups is 1. The normalized spacial score (nSPS) is 10.1. The summed E-state index contributed by atoms with van der Waals surface area (Å²) in [5.41, 5.74) is 1.22. The summed E-state index contributed by atoms with van der Waals surface area (Å²) < 4.78 is 35.9. The van der Waals surface area contributed by atoms with Crippen LogP contribution in [0, 0.1) is 23.2 Å². The number of nitrogens with zero attached hydrogens (tertiary/aromatic N) is 1. The van der Waals surface area contributed by atoms with Gasteiger partial charge in [0.1, 0.15) is 0 Å². The Kier molecular flexibility index (Phi) is 4.51. The van der Waals surface area contributed by atoms with E-state index in [0.29, 0.717) is 11.1 Å². The fourth-order valence-electron chi connectivity index (χ4n) is 1.25. The Hall–Kier alpha value is -2.27. The minimum atomic E-state index is -4.77. The number of alkyl halides is 3. The largest absolute Gasteiger partial charge is 0.449 e. The third kappa shape index (κ3) is 4.31. The molecule has 0 bridgehead atoms. The molecule has 0 aliphatic rings. The van der Waals surface area contributed by atoms with Crippen molar-refractivity contribution in [2.45, 2.75) is 19.0 Å². The van der Waals surface area contributed by atoms with E-state index in [-0.39, 0.29) is 6.42 Å². The van der Waals surface area contributed by atoms with Crippen LogP contribution in [0.15, 0.2) is 24.3 Å². The van der Waals surface area contributed by atoms with Crippen LogP contribution < -0.4 is 0 Å². The molecule has 0 atom stereocenters. The van der Waals surface area contributed by atoms with Crippen molar-refractivity contribution in [1.29, 1.82) is 5.26 Å². The molecule has 0 amide bonds. The molecule has 18 heavy (non-hydrogen) atoms. The molecule has 1 aromatic carbocycles. The molecule has 1 aromatic rings. The summed E-state index contributed by atoms with van der Waals surface area (Å²) in [4.78, 5) is 10.7. The predicted octanol–water partition coefficient (Wildman–Crippen LogP) is 2.63. The third-order valence-corrected chi connectivity index (χ3v) is 2.17. The van der Waals surface area contributed by atoms with Crippen molar-refractivity contribution in [1.82, 2.24) is 0 Å². The van der Waals surface area contributed by atoms with Crippen LogP contribution in [-0.4, -0.2) is 12.0 Å². The van der Waals surface area contributed by atoms with Gasteiger partial charge in [0.15, 0.2) is 6.07 Å². The van der Waals surface area contributed by atoms with Gasteiger partial charge in [-0.25, -0.2) is 0 Å². The van der Waals surface area contributed by atoms with Crippen LogP contribution in [0.4, 0.5) is 13.2 Å². The van der Waals surface area contributed by atoms with Crippen molar-refractivity contribution in [3.63, 3.8) is 0 Å².